The zero-order valence-corrected chi connectivity index (χ0v) is 13.0. The summed E-state index contributed by atoms with van der Waals surface area (Å²) >= 11 is 0. The van der Waals surface area contributed by atoms with E-state index in [2.05, 4.69) is 0 Å². The highest BCUT2D eigenvalue weighted by molar-refractivity contribution is 5.86. The molecule has 1 fully saturated rings. The maximum Gasteiger partial charge on any atom is 0.242 e. The Bertz CT molecular complexity index is 481. The van der Waals surface area contributed by atoms with Gasteiger partial charge in [-0.05, 0) is 49.9 Å². The number of amides is 1. The van der Waals surface area contributed by atoms with Crippen LogP contribution in [0.4, 0.5) is 0 Å². The molecule has 1 atom stereocenters. The molecule has 0 radical (unpaired) electrons. The van der Waals surface area contributed by atoms with Gasteiger partial charge in [0, 0.05) is 7.05 Å². The number of hydrogen-bond acceptors (Lipinski definition) is 4. The van der Waals surface area contributed by atoms with Gasteiger partial charge in [0.05, 0.1) is 19.2 Å². The van der Waals surface area contributed by atoms with Crippen LogP contribution in [0, 0.1) is 5.92 Å². The van der Waals surface area contributed by atoms with E-state index in [4.69, 9.17) is 15.2 Å². The zero-order valence-electron chi connectivity index (χ0n) is 13.0. The third-order valence-corrected chi connectivity index (χ3v) is 3.99. The summed E-state index contributed by atoms with van der Waals surface area (Å²) in [5.74, 6) is 1.87. The summed E-state index contributed by atoms with van der Waals surface area (Å²) < 4.78 is 10.7. The molecule has 0 aromatic heterocycles. The molecular formula is C16H24N2O3. The van der Waals surface area contributed by atoms with Crippen LogP contribution in [0.5, 0.6) is 11.5 Å². The number of carbonyl (C=O) groups is 1. The van der Waals surface area contributed by atoms with Crippen molar-refractivity contribution < 1.29 is 14.3 Å². The van der Waals surface area contributed by atoms with Crippen LogP contribution in [-0.2, 0) is 4.79 Å². The lowest BCUT2D eigenvalue weighted by molar-refractivity contribution is -0.136. The number of likely N-dealkylation sites (N-methyl/N-ethyl adjacent to an activating group) is 1. The first-order valence-corrected chi connectivity index (χ1v) is 7.26. The molecule has 0 spiro atoms. The molecule has 1 aliphatic carbocycles. The molecule has 1 saturated carbocycles. The monoisotopic (exact) mass is 292 g/mol. The average molecular weight is 292 g/mol. The second-order valence-corrected chi connectivity index (χ2v) is 5.81. The normalized spacial score (nSPS) is 17.0. The maximum absolute atomic E-state index is 12.3. The molecule has 1 aromatic rings. The standard InChI is InChI=1S/C16H24N2O3/c1-16(17,12-4-5-12)15(19)18(2)10-11-21-14-8-6-13(20-3)7-9-14/h6-9,12H,4-5,10-11,17H2,1-3H3. The Kier molecular flexibility index (Phi) is 4.73. The molecule has 1 aromatic carbocycles. The van der Waals surface area contributed by atoms with Crippen LogP contribution in [0.15, 0.2) is 24.3 Å². The Morgan fingerprint density at radius 1 is 1.33 bits per heavy atom. The first kappa shape index (κ1) is 15.6. The predicted octanol–water partition coefficient (Wildman–Crippen LogP) is 1.66. The van der Waals surface area contributed by atoms with Crippen LogP contribution in [0.25, 0.3) is 0 Å². The molecule has 5 heteroatoms. The van der Waals surface area contributed by atoms with E-state index >= 15 is 0 Å². The summed E-state index contributed by atoms with van der Waals surface area (Å²) in [5, 5.41) is 0. The van der Waals surface area contributed by atoms with E-state index in [1.54, 1.807) is 19.1 Å². The highest BCUT2D eigenvalue weighted by atomic mass is 16.5. The molecule has 0 heterocycles. The molecule has 0 bridgehead atoms. The van der Waals surface area contributed by atoms with Gasteiger partial charge in [0.2, 0.25) is 5.91 Å². The summed E-state index contributed by atoms with van der Waals surface area (Å²) in [6.07, 6.45) is 2.10. The van der Waals surface area contributed by atoms with Gasteiger partial charge in [-0.2, -0.15) is 0 Å². The van der Waals surface area contributed by atoms with E-state index in [9.17, 15) is 4.79 Å². The fraction of sp³-hybridized carbons (Fsp3) is 0.562. The van der Waals surface area contributed by atoms with E-state index in [0.29, 0.717) is 19.1 Å². The first-order chi connectivity index (χ1) is 9.95. The molecule has 1 aliphatic rings. The van der Waals surface area contributed by atoms with Crippen molar-refractivity contribution >= 4 is 5.91 Å². The van der Waals surface area contributed by atoms with Gasteiger partial charge in [-0.15, -0.1) is 0 Å². The van der Waals surface area contributed by atoms with E-state index in [-0.39, 0.29) is 5.91 Å². The number of ether oxygens (including phenoxy) is 2. The van der Waals surface area contributed by atoms with Crippen molar-refractivity contribution in [1.29, 1.82) is 0 Å². The van der Waals surface area contributed by atoms with Crippen LogP contribution in [0.3, 0.4) is 0 Å². The highest BCUT2D eigenvalue weighted by Gasteiger charge is 2.45. The van der Waals surface area contributed by atoms with Gasteiger partial charge in [0.25, 0.3) is 0 Å². The van der Waals surface area contributed by atoms with Crippen molar-refractivity contribution in [3.05, 3.63) is 24.3 Å². The molecule has 1 amide bonds. The van der Waals surface area contributed by atoms with Gasteiger partial charge < -0.3 is 20.1 Å². The first-order valence-electron chi connectivity index (χ1n) is 7.26. The van der Waals surface area contributed by atoms with Gasteiger partial charge in [-0.1, -0.05) is 0 Å². The van der Waals surface area contributed by atoms with E-state index in [1.807, 2.05) is 31.2 Å². The second-order valence-electron chi connectivity index (χ2n) is 5.81. The Morgan fingerprint density at radius 2 is 1.90 bits per heavy atom. The SMILES string of the molecule is COc1ccc(OCCN(C)C(=O)C(C)(N)C2CC2)cc1. The Balaban J connectivity index is 1.78. The summed E-state index contributed by atoms with van der Waals surface area (Å²) in [6, 6.07) is 7.37. The number of carbonyl (C=O) groups excluding carboxylic acids is 1. The van der Waals surface area contributed by atoms with Gasteiger partial charge in [0.1, 0.15) is 18.1 Å². The summed E-state index contributed by atoms with van der Waals surface area (Å²) in [5.41, 5.74) is 5.39. The molecular weight excluding hydrogens is 268 g/mol. The van der Waals surface area contributed by atoms with Crippen molar-refractivity contribution in [2.75, 3.05) is 27.3 Å². The molecule has 0 aliphatic heterocycles. The van der Waals surface area contributed by atoms with Gasteiger partial charge in [0.15, 0.2) is 0 Å². The van der Waals surface area contributed by atoms with Crippen LogP contribution in [0.1, 0.15) is 19.8 Å². The lowest BCUT2D eigenvalue weighted by Crippen LogP contribution is -2.54. The van der Waals surface area contributed by atoms with Gasteiger partial charge >= 0.3 is 0 Å². The van der Waals surface area contributed by atoms with Gasteiger partial charge in [-0.3, -0.25) is 4.79 Å². The van der Waals surface area contributed by atoms with Crippen molar-refractivity contribution in [2.24, 2.45) is 11.7 Å². The molecule has 2 N–H and O–H groups in total. The van der Waals surface area contributed by atoms with Gasteiger partial charge in [-0.25, -0.2) is 0 Å². The Hall–Kier alpha value is -1.75. The minimum absolute atomic E-state index is 0.0108. The van der Waals surface area contributed by atoms with Crippen LogP contribution in [-0.4, -0.2) is 43.7 Å². The number of nitrogens with zero attached hydrogens (tertiary/aromatic N) is 1. The fourth-order valence-corrected chi connectivity index (χ4v) is 2.34. The third kappa shape index (κ3) is 3.88. The summed E-state index contributed by atoms with van der Waals surface area (Å²) in [6.45, 7) is 2.79. The second kappa shape index (κ2) is 6.35. The zero-order chi connectivity index (χ0) is 15.5. The fourth-order valence-electron chi connectivity index (χ4n) is 2.34. The minimum atomic E-state index is -0.741. The van der Waals surface area contributed by atoms with Crippen molar-refractivity contribution in [3.63, 3.8) is 0 Å². The molecule has 116 valence electrons. The smallest absolute Gasteiger partial charge is 0.242 e. The molecule has 2 rings (SSSR count). The number of hydrogen-bond donors (Lipinski definition) is 1. The molecule has 1 unspecified atom stereocenters. The lowest BCUT2D eigenvalue weighted by atomic mass is 9.95. The van der Waals surface area contributed by atoms with E-state index in [0.717, 1.165) is 24.3 Å². The number of rotatable bonds is 7. The van der Waals surface area contributed by atoms with Crippen LogP contribution >= 0.6 is 0 Å². The Morgan fingerprint density at radius 3 is 2.43 bits per heavy atom. The third-order valence-electron chi connectivity index (χ3n) is 3.99. The summed E-state index contributed by atoms with van der Waals surface area (Å²) in [7, 11) is 3.40. The largest absolute Gasteiger partial charge is 0.497 e. The van der Waals surface area contributed by atoms with Crippen molar-refractivity contribution in [1.82, 2.24) is 4.90 Å². The van der Waals surface area contributed by atoms with Crippen molar-refractivity contribution in [3.8, 4) is 11.5 Å². The van der Waals surface area contributed by atoms with E-state index in [1.165, 1.54) is 0 Å². The molecule has 21 heavy (non-hydrogen) atoms. The lowest BCUT2D eigenvalue weighted by Gasteiger charge is -2.29. The highest BCUT2D eigenvalue weighted by Crippen LogP contribution is 2.38. The molecule has 0 saturated heterocycles. The quantitative estimate of drug-likeness (QED) is 0.830. The number of benzene rings is 1. The minimum Gasteiger partial charge on any atom is -0.497 e. The average Bonchev–Trinajstić information content (AvgIpc) is 3.32. The Labute approximate surface area is 126 Å². The summed E-state index contributed by atoms with van der Waals surface area (Å²) in [4.78, 5) is 14.0. The predicted molar refractivity (Wildman–Crippen MR) is 81.4 cm³/mol. The van der Waals surface area contributed by atoms with Crippen molar-refractivity contribution in [2.45, 2.75) is 25.3 Å². The molecule has 5 nitrogen and oxygen atoms in total. The number of methoxy groups -OCH3 is 1. The number of nitrogens with two attached hydrogens (primary N) is 1. The topological polar surface area (TPSA) is 64.8 Å². The van der Waals surface area contributed by atoms with Crippen LogP contribution < -0.4 is 15.2 Å². The van der Waals surface area contributed by atoms with Crippen LogP contribution in [0.2, 0.25) is 0 Å². The van der Waals surface area contributed by atoms with E-state index < -0.39 is 5.54 Å². The maximum atomic E-state index is 12.3.